The van der Waals surface area contributed by atoms with E-state index in [0.29, 0.717) is 12.8 Å². The monoisotopic (exact) mass is 1170 g/mol. The lowest BCUT2D eigenvalue weighted by molar-refractivity contribution is -0.359. The molecule has 2 aliphatic heterocycles. The molecule has 0 aromatic carbocycles. The summed E-state index contributed by atoms with van der Waals surface area (Å²) in [7, 11) is 0. The number of amides is 1. The molecule has 0 aromatic rings. The number of hydrogen-bond acceptors (Lipinski definition) is 13. The van der Waals surface area contributed by atoms with E-state index >= 15 is 0 Å². The third-order valence-electron chi connectivity index (χ3n) is 15.9. The van der Waals surface area contributed by atoms with E-state index in [0.717, 1.165) is 96.3 Å². The van der Waals surface area contributed by atoms with Crippen LogP contribution in [-0.2, 0) is 23.7 Å². The molecule has 0 saturated carbocycles. The van der Waals surface area contributed by atoms with E-state index in [1.807, 2.05) is 0 Å². The van der Waals surface area contributed by atoms with E-state index in [4.69, 9.17) is 18.9 Å². The molecule has 2 saturated heterocycles. The van der Waals surface area contributed by atoms with Crippen LogP contribution in [0.15, 0.2) is 85.1 Å². The third kappa shape index (κ3) is 38.1. The number of nitrogens with one attached hydrogen (secondary N) is 1. The van der Waals surface area contributed by atoms with Gasteiger partial charge in [-0.2, -0.15) is 0 Å². The summed E-state index contributed by atoms with van der Waals surface area (Å²) in [5.74, 6) is -0.209. The minimum absolute atomic E-state index is 0.209. The van der Waals surface area contributed by atoms with Crippen LogP contribution in [0.25, 0.3) is 0 Å². The summed E-state index contributed by atoms with van der Waals surface area (Å²) in [6, 6.07) is -0.831. The number of carbonyl (C=O) groups is 1. The van der Waals surface area contributed by atoms with Gasteiger partial charge in [-0.15, -0.1) is 0 Å². The quantitative estimate of drug-likeness (QED) is 0.0204. The van der Waals surface area contributed by atoms with E-state index in [9.17, 15) is 45.6 Å². The van der Waals surface area contributed by atoms with Gasteiger partial charge in [-0.25, -0.2) is 0 Å². The molecule has 2 aliphatic rings. The predicted molar refractivity (Wildman–Crippen MR) is 336 cm³/mol. The Kier molecular flexibility index (Phi) is 49.1. The van der Waals surface area contributed by atoms with Gasteiger partial charge >= 0.3 is 0 Å². The molecular weight excluding hydrogens is 1050 g/mol. The molecule has 0 aromatic heterocycles. The number of aliphatic hydroxyl groups is 8. The van der Waals surface area contributed by atoms with Crippen molar-refractivity contribution in [2.45, 2.75) is 325 Å². The second-order valence-electron chi connectivity index (χ2n) is 23.2. The number of hydrogen-bond donors (Lipinski definition) is 9. The number of unbranched alkanes of at least 4 members (excludes halogenated alkanes) is 26. The maximum Gasteiger partial charge on any atom is 0.220 e. The topological polar surface area (TPSA) is 228 Å². The summed E-state index contributed by atoms with van der Waals surface area (Å²) in [5.41, 5.74) is 0. The summed E-state index contributed by atoms with van der Waals surface area (Å²) in [6.45, 7) is 2.74. The van der Waals surface area contributed by atoms with E-state index in [2.05, 4.69) is 104 Å². The fraction of sp³-hybridized carbons (Fsp3) is 0.783. The molecule has 9 N–H and O–H groups in total. The van der Waals surface area contributed by atoms with Crippen LogP contribution >= 0.6 is 0 Å². The van der Waals surface area contributed by atoms with Gasteiger partial charge in [0.2, 0.25) is 5.91 Å². The van der Waals surface area contributed by atoms with Crippen LogP contribution in [-0.4, -0.2) is 140 Å². The highest BCUT2D eigenvalue weighted by molar-refractivity contribution is 5.76. The number of ether oxygens (including phenoxy) is 4. The second-order valence-corrected chi connectivity index (χ2v) is 23.2. The van der Waals surface area contributed by atoms with Gasteiger partial charge in [0.15, 0.2) is 12.6 Å². The molecule has 0 spiro atoms. The van der Waals surface area contributed by atoms with Gasteiger partial charge in [0, 0.05) is 6.42 Å². The van der Waals surface area contributed by atoms with Gasteiger partial charge < -0.3 is 65.1 Å². The van der Waals surface area contributed by atoms with E-state index in [1.54, 1.807) is 0 Å². The van der Waals surface area contributed by atoms with Gasteiger partial charge in [-0.3, -0.25) is 4.79 Å². The van der Waals surface area contributed by atoms with Crippen molar-refractivity contribution >= 4 is 5.91 Å². The van der Waals surface area contributed by atoms with Crippen LogP contribution in [0.5, 0.6) is 0 Å². The predicted octanol–water partition coefficient (Wildman–Crippen LogP) is 12.8. The van der Waals surface area contributed by atoms with Gasteiger partial charge in [-0.05, 0) is 70.6 Å². The molecular formula is C69H121NO13. The minimum Gasteiger partial charge on any atom is -0.394 e. The van der Waals surface area contributed by atoms with Crippen molar-refractivity contribution in [1.29, 1.82) is 0 Å². The normalized spacial score (nSPS) is 24.4. The first-order valence-electron chi connectivity index (χ1n) is 33.3. The van der Waals surface area contributed by atoms with E-state index < -0.39 is 86.8 Å². The van der Waals surface area contributed by atoms with E-state index in [1.165, 1.54) is 128 Å². The molecule has 14 heteroatoms. The second kappa shape index (κ2) is 53.4. The Morgan fingerprint density at radius 3 is 1.28 bits per heavy atom. The van der Waals surface area contributed by atoms with Gasteiger partial charge in [0.25, 0.3) is 0 Å². The molecule has 0 aliphatic carbocycles. The molecule has 83 heavy (non-hydrogen) atoms. The van der Waals surface area contributed by atoms with Gasteiger partial charge in [0.1, 0.15) is 48.8 Å². The average Bonchev–Trinajstić information content (AvgIpc) is 3.58. The van der Waals surface area contributed by atoms with Crippen molar-refractivity contribution in [2.24, 2.45) is 0 Å². The molecule has 2 rings (SSSR count). The average molecular weight is 1170 g/mol. The fourth-order valence-electron chi connectivity index (χ4n) is 10.6. The smallest absolute Gasteiger partial charge is 0.220 e. The molecule has 14 nitrogen and oxygen atoms in total. The number of allylic oxidation sites excluding steroid dienone is 14. The van der Waals surface area contributed by atoms with Crippen LogP contribution in [0.3, 0.4) is 0 Å². The molecule has 12 unspecified atom stereocenters. The highest BCUT2D eigenvalue weighted by Crippen LogP contribution is 2.30. The number of rotatable bonds is 53. The first-order chi connectivity index (χ1) is 40.6. The number of aliphatic hydroxyl groups excluding tert-OH is 8. The van der Waals surface area contributed by atoms with Gasteiger partial charge in [0.05, 0.1) is 32.0 Å². The zero-order chi connectivity index (χ0) is 60.2. The Balaban J connectivity index is 1.59. The minimum atomic E-state index is -1.78. The van der Waals surface area contributed by atoms with Crippen molar-refractivity contribution < 1.29 is 64.6 Å². The lowest BCUT2D eigenvalue weighted by atomic mass is 9.97. The first-order valence-corrected chi connectivity index (χ1v) is 33.3. The van der Waals surface area contributed by atoms with Crippen molar-refractivity contribution in [2.75, 3.05) is 19.8 Å². The van der Waals surface area contributed by atoms with Crippen molar-refractivity contribution in [3.05, 3.63) is 85.1 Å². The highest BCUT2D eigenvalue weighted by Gasteiger charge is 2.51. The molecule has 480 valence electrons. The van der Waals surface area contributed by atoms with Crippen LogP contribution in [0.1, 0.15) is 251 Å². The Labute approximate surface area is 503 Å². The maximum absolute atomic E-state index is 13.3. The largest absolute Gasteiger partial charge is 0.394 e. The Hall–Kier alpha value is -2.83. The van der Waals surface area contributed by atoms with Crippen LogP contribution in [0.2, 0.25) is 0 Å². The molecule has 0 radical (unpaired) electrons. The van der Waals surface area contributed by atoms with Crippen molar-refractivity contribution in [3.63, 3.8) is 0 Å². The summed E-state index contributed by atoms with van der Waals surface area (Å²) >= 11 is 0. The first kappa shape index (κ1) is 76.3. The Morgan fingerprint density at radius 1 is 0.446 bits per heavy atom. The van der Waals surface area contributed by atoms with Crippen molar-refractivity contribution in [1.82, 2.24) is 5.32 Å². The SMILES string of the molecule is CC/C=C\C/C=C\C/C=C\C/C=C\C/C=C\C/C=C\C/C=C\CCCCCCCCCCCCCCCCCC(=O)NC(COC1OC(CO)C(OC2OC(CO)C(O)C(O)C2O)C(O)C1O)C(O)CCCCCCCCCCCCCC. The Morgan fingerprint density at radius 2 is 0.831 bits per heavy atom. The summed E-state index contributed by atoms with van der Waals surface area (Å²) < 4.78 is 22.8. The van der Waals surface area contributed by atoms with Crippen LogP contribution in [0.4, 0.5) is 0 Å². The zero-order valence-electron chi connectivity index (χ0n) is 51.9. The zero-order valence-corrected chi connectivity index (χ0v) is 51.9. The van der Waals surface area contributed by atoms with Gasteiger partial charge in [-0.1, -0.05) is 259 Å². The van der Waals surface area contributed by atoms with Crippen LogP contribution in [0, 0.1) is 0 Å². The molecule has 2 fully saturated rings. The molecule has 0 bridgehead atoms. The van der Waals surface area contributed by atoms with Crippen molar-refractivity contribution in [3.8, 4) is 0 Å². The summed E-state index contributed by atoms with van der Waals surface area (Å²) in [6.07, 6.45) is 56.1. The maximum atomic E-state index is 13.3. The lowest BCUT2D eigenvalue weighted by Gasteiger charge is -2.46. The summed E-state index contributed by atoms with van der Waals surface area (Å²) in [5, 5.41) is 87.3. The van der Waals surface area contributed by atoms with Crippen LogP contribution < -0.4 is 5.32 Å². The summed E-state index contributed by atoms with van der Waals surface area (Å²) in [4.78, 5) is 13.3. The van der Waals surface area contributed by atoms with E-state index in [-0.39, 0.29) is 12.5 Å². The fourth-order valence-corrected chi connectivity index (χ4v) is 10.6. The third-order valence-corrected chi connectivity index (χ3v) is 15.9. The Bertz CT molecular complexity index is 1710. The molecule has 12 atom stereocenters. The standard InChI is InChI=1S/C69H121NO13/c1-3-5-7-9-11-13-15-17-18-19-20-21-22-23-24-25-26-27-28-29-30-31-32-33-34-35-36-37-38-39-40-41-43-45-47-49-51-53-61(74)70-57(58(73)52-50-48-46-44-42-16-14-12-10-8-6-4-2)56-80-68-66(79)64(77)67(60(55-72)82-68)83-69-65(78)63(76)62(75)59(54-71)81-69/h5,7,11,13,17-18,20-21,23-24,26-27,29-30,57-60,62-69,71-73,75-79H,3-4,6,8-10,12,14-16,19,22,25,28,31-56H2,1-2H3,(H,70,74)/b7-5-,13-11-,18-17-,21-20-,24-23-,27-26-,30-29-. The number of carbonyl (C=O) groups excluding carboxylic acids is 1. The lowest BCUT2D eigenvalue weighted by Crippen LogP contribution is -2.65. The highest BCUT2D eigenvalue weighted by atomic mass is 16.7. The molecule has 1 amide bonds. The molecule has 2 heterocycles.